The molecule has 0 radical (unpaired) electrons. The summed E-state index contributed by atoms with van der Waals surface area (Å²) in [6, 6.07) is 5.77. The molecule has 0 aliphatic heterocycles. The van der Waals surface area contributed by atoms with E-state index in [2.05, 4.69) is 5.32 Å². The summed E-state index contributed by atoms with van der Waals surface area (Å²) in [6.07, 6.45) is -0.810. The van der Waals surface area contributed by atoms with Gasteiger partial charge in [-0.25, -0.2) is 0 Å². The quantitative estimate of drug-likeness (QED) is 0.517. The first-order valence-corrected chi connectivity index (χ1v) is 5.84. The number of hydrogen-bond donors (Lipinski definition) is 2. The minimum absolute atomic E-state index is 0.0186. The van der Waals surface area contributed by atoms with Gasteiger partial charge in [-0.05, 0) is 6.07 Å². The number of aliphatic hydroxyl groups is 1. The van der Waals surface area contributed by atoms with Crippen LogP contribution in [-0.2, 0) is 9.53 Å². The lowest BCUT2D eigenvalue weighted by Gasteiger charge is -2.11. The number of hydrogen-bond acceptors (Lipinski definition) is 6. The average Bonchev–Trinajstić information content (AvgIpc) is 2.43. The van der Waals surface area contributed by atoms with Crippen LogP contribution in [0.15, 0.2) is 24.3 Å². The average molecular weight is 284 g/mol. The highest BCUT2D eigenvalue weighted by atomic mass is 16.6. The Kier molecular flexibility index (Phi) is 6.41. The molecule has 0 fully saturated rings. The minimum atomic E-state index is -0.810. The van der Waals surface area contributed by atoms with E-state index >= 15 is 0 Å². The summed E-state index contributed by atoms with van der Waals surface area (Å²) in [7, 11) is 1.43. The lowest BCUT2D eigenvalue weighted by atomic mass is 10.3. The molecule has 1 aromatic carbocycles. The predicted molar refractivity (Wildman–Crippen MR) is 69.5 cm³/mol. The standard InChI is InChI=1S/C12H16N2O6/c1-19-7-9(15)6-13-12(16)8-20-11-5-3-2-4-10(11)14(17)18/h2-5,9,15H,6-8H2,1H3,(H,13,16). The van der Waals surface area contributed by atoms with Gasteiger partial charge in [-0.1, -0.05) is 12.1 Å². The second kappa shape index (κ2) is 8.08. The number of amides is 1. The van der Waals surface area contributed by atoms with Crippen molar-refractivity contribution in [3.8, 4) is 5.75 Å². The number of benzene rings is 1. The van der Waals surface area contributed by atoms with Crippen LogP contribution >= 0.6 is 0 Å². The number of rotatable bonds is 8. The summed E-state index contributed by atoms with van der Waals surface area (Å²) in [5.74, 6) is -0.469. The molecule has 0 aliphatic rings. The lowest BCUT2D eigenvalue weighted by Crippen LogP contribution is -2.37. The zero-order valence-corrected chi connectivity index (χ0v) is 10.9. The number of aliphatic hydroxyl groups excluding tert-OH is 1. The first-order chi connectivity index (χ1) is 9.54. The molecular weight excluding hydrogens is 268 g/mol. The van der Waals surface area contributed by atoms with Gasteiger partial charge in [0.2, 0.25) is 0 Å². The van der Waals surface area contributed by atoms with E-state index in [0.29, 0.717) is 0 Å². The van der Waals surface area contributed by atoms with E-state index in [1.807, 2.05) is 0 Å². The van der Waals surface area contributed by atoms with Crippen molar-refractivity contribution in [1.82, 2.24) is 5.32 Å². The number of nitrogens with one attached hydrogen (secondary N) is 1. The summed E-state index contributed by atoms with van der Waals surface area (Å²) >= 11 is 0. The van der Waals surface area contributed by atoms with Gasteiger partial charge in [0.05, 0.1) is 17.6 Å². The zero-order valence-electron chi connectivity index (χ0n) is 10.9. The number of methoxy groups -OCH3 is 1. The van der Waals surface area contributed by atoms with E-state index in [0.717, 1.165) is 0 Å². The van der Waals surface area contributed by atoms with E-state index < -0.39 is 16.9 Å². The topological polar surface area (TPSA) is 111 Å². The van der Waals surface area contributed by atoms with Gasteiger partial charge in [-0.15, -0.1) is 0 Å². The Balaban J connectivity index is 2.43. The van der Waals surface area contributed by atoms with Crippen LogP contribution < -0.4 is 10.1 Å². The maximum Gasteiger partial charge on any atom is 0.310 e. The molecule has 0 aromatic heterocycles. The Hall–Kier alpha value is -2.19. The van der Waals surface area contributed by atoms with Gasteiger partial charge in [0.25, 0.3) is 5.91 Å². The number of nitrogens with zero attached hydrogens (tertiary/aromatic N) is 1. The Morgan fingerprint density at radius 3 is 2.85 bits per heavy atom. The second-order valence-corrected chi connectivity index (χ2v) is 3.93. The molecule has 1 unspecified atom stereocenters. The Bertz CT molecular complexity index is 465. The molecule has 0 saturated carbocycles. The fourth-order valence-electron chi connectivity index (χ4n) is 1.41. The van der Waals surface area contributed by atoms with Crippen LogP contribution in [0.25, 0.3) is 0 Å². The SMILES string of the molecule is COCC(O)CNC(=O)COc1ccccc1[N+](=O)[O-]. The van der Waals surface area contributed by atoms with Gasteiger partial charge < -0.3 is 19.9 Å². The highest BCUT2D eigenvalue weighted by Crippen LogP contribution is 2.25. The largest absolute Gasteiger partial charge is 0.477 e. The molecule has 1 aromatic rings. The molecule has 8 heteroatoms. The van der Waals surface area contributed by atoms with Crippen LogP contribution in [0.2, 0.25) is 0 Å². The molecule has 1 atom stereocenters. The maximum atomic E-state index is 11.4. The molecule has 1 amide bonds. The summed E-state index contributed by atoms with van der Waals surface area (Å²) < 4.78 is 9.79. The van der Waals surface area contributed by atoms with Crippen LogP contribution in [0.3, 0.4) is 0 Å². The molecule has 20 heavy (non-hydrogen) atoms. The number of para-hydroxylation sites is 2. The number of carbonyl (C=O) groups is 1. The van der Waals surface area contributed by atoms with Crippen LogP contribution in [0.4, 0.5) is 5.69 Å². The smallest absolute Gasteiger partial charge is 0.310 e. The molecule has 1 rings (SSSR count). The first kappa shape index (κ1) is 15.9. The molecule has 8 nitrogen and oxygen atoms in total. The van der Waals surface area contributed by atoms with Crippen molar-refractivity contribution in [2.45, 2.75) is 6.10 Å². The second-order valence-electron chi connectivity index (χ2n) is 3.93. The monoisotopic (exact) mass is 284 g/mol. The van der Waals surface area contributed by atoms with Crippen molar-refractivity contribution in [3.05, 3.63) is 34.4 Å². The first-order valence-electron chi connectivity index (χ1n) is 5.84. The van der Waals surface area contributed by atoms with E-state index in [4.69, 9.17) is 9.47 Å². The molecule has 0 heterocycles. The molecule has 110 valence electrons. The maximum absolute atomic E-state index is 11.4. The molecule has 2 N–H and O–H groups in total. The Labute approximate surface area is 115 Å². The van der Waals surface area contributed by atoms with E-state index in [1.54, 1.807) is 6.07 Å². The number of ether oxygens (including phenoxy) is 2. The number of carbonyl (C=O) groups excluding carboxylic acids is 1. The van der Waals surface area contributed by atoms with Crippen LogP contribution in [-0.4, -0.2) is 48.9 Å². The fourth-order valence-corrected chi connectivity index (χ4v) is 1.41. The van der Waals surface area contributed by atoms with Gasteiger partial charge in [-0.2, -0.15) is 0 Å². The highest BCUT2D eigenvalue weighted by Gasteiger charge is 2.15. The van der Waals surface area contributed by atoms with Crippen molar-refractivity contribution in [1.29, 1.82) is 0 Å². The van der Waals surface area contributed by atoms with Gasteiger partial charge in [0.1, 0.15) is 0 Å². The summed E-state index contributed by atoms with van der Waals surface area (Å²) in [6.45, 7) is -0.247. The van der Waals surface area contributed by atoms with Gasteiger partial charge in [0.15, 0.2) is 12.4 Å². The normalized spacial score (nSPS) is 11.7. The van der Waals surface area contributed by atoms with Gasteiger partial charge in [-0.3, -0.25) is 14.9 Å². The lowest BCUT2D eigenvalue weighted by molar-refractivity contribution is -0.385. The zero-order chi connectivity index (χ0) is 15.0. The summed E-state index contributed by atoms with van der Waals surface area (Å²) in [5.41, 5.74) is -0.209. The molecule has 0 saturated heterocycles. The third-order valence-corrected chi connectivity index (χ3v) is 2.31. The molecular formula is C12H16N2O6. The Morgan fingerprint density at radius 2 is 2.20 bits per heavy atom. The number of nitro groups is 1. The molecule has 0 spiro atoms. The molecule has 0 bridgehead atoms. The van der Waals surface area contributed by atoms with Crippen molar-refractivity contribution < 1.29 is 24.3 Å². The molecule has 0 aliphatic carbocycles. The van der Waals surface area contributed by atoms with Crippen LogP contribution in [0, 0.1) is 10.1 Å². The summed E-state index contributed by atoms with van der Waals surface area (Å²) in [5, 5.41) is 22.5. The van der Waals surface area contributed by atoms with Gasteiger partial charge >= 0.3 is 5.69 Å². The van der Waals surface area contributed by atoms with Gasteiger partial charge in [0, 0.05) is 19.7 Å². The Morgan fingerprint density at radius 1 is 1.50 bits per heavy atom. The third-order valence-electron chi connectivity index (χ3n) is 2.31. The predicted octanol–water partition coefficient (Wildman–Crippen LogP) is 0.0971. The van der Waals surface area contributed by atoms with Crippen LogP contribution in [0.5, 0.6) is 5.75 Å². The van der Waals surface area contributed by atoms with Crippen molar-refractivity contribution in [2.75, 3.05) is 26.9 Å². The van der Waals surface area contributed by atoms with E-state index in [9.17, 15) is 20.0 Å². The van der Waals surface area contributed by atoms with Crippen molar-refractivity contribution >= 4 is 11.6 Å². The third kappa shape index (κ3) is 5.21. The van der Waals surface area contributed by atoms with Crippen molar-refractivity contribution in [2.24, 2.45) is 0 Å². The summed E-state index contributed by atoms with van der Waals surface area (Å²) in [4.78, 5) is 21.6. The highest BCUT2D eigenvalue weighted by molar-refractivity contribution is 5.77. The minimum Gasteiger partial charge on any atom is -0.477 e. The van der Waals surface area contributed by atoms with E-state index in [1.165, 1.54) is 25.3 Å². The van der Waals surface area contributed by atoms with Crippen molar-refractivity contribution in [3.63, 3.8) is 0 Å². The van der Waals surface area contributed by atoms with E-state index in [-0.39, 0.29) is 31.2 Å². The number of nitro benzene ring substituents is 1. The van der Waals surface area contributed by atoms with Crippen LogP contribution in [0.1, 0.15) is 0 Å². The fraction of sp³-hybridized carbons (Fsp3) is 0.417.